The number of rotatable bonds is 7. The van der Waals surface area contributed by atoms with E-state index in [1.807, 2.05) is 51.1 Å². The van der Waals surface area contributed by atoms with Gasteiger partial charge in [-0.3, -0.25) is 4.72 Å². The molecule has 1 N–H and O–H groups in total. The van der Waals surface area contributed by atoms with E-state index in [0.717, 1.165) is 27.9 Å². The highest BCUT2D eigenvalue weighted by Gasteiger charge is 2.12. The second kappa shape index (κ2) is 9.25. The van der Waals surface area contributed by atoms with Crippen molar-refractivity contribution < 1.29 is 13.2 Å². The molecule has 9 heteroatoms. The average Bonchev–Trinajstić information content (AvgIpc) is 3.07. The zero-order valence-electron chi connectivity index (χ0n) is 18.4. The van der Waals surface area contributed by atoms with Crippen LogP contribution in [0.3, 0.4) is 0 Å². The molecular weight excluding hydrogens is 438 g/mol. The molecule has 0 aliphatic rings. The lowest BCUT2D eigenvalue weighted by atomic mass is 10.2. The van der Waals surface area contributed by atoms with Gasteiger partial charge in [0, 0.05) is 17.4 Å². The third kappa shape index (κ3) is 5.45. The molecule has 0 saturated heterocycles. The fourth-order valence-electron chi connectivity index (χ4n) is 3.09. The monoisotopic (exact) mass is 461 g/mol. The van der Waals surface area contributed by atoms with Gasteiger partial charge in [0.25, 0.3) is 10.0 Å². The van der Waals surface area contributed by atoms with Crippen LogP contribution in [0, 0.1) is 20.8 Å². The zero-order valence-corrected chi connectivity index (χ0v) is 19.2. The molecule has 0 spiro atoms. The van der Waals surface area contributed by atoms with E-state index >= 15 is 0 Å². The minimum Gasteiger partial charge on any atom is -0.439 e. The van der Waals surface area contributed by atoms with Crippen molar-refractivity contribution >= 4 is 21.8 Å². The Bertz CT molecular complexity index is 1400. The fraction of sp³-hybridized carbons (Fsp3) is 0.125. The molecule has 33 heavy (non-hydrogen) atoms. The summed E-state index contributed by atoms with van der Waals surface area (Å²) >= 11 is 0. The van der Waals surface area contributed by atoms with E-state index in [2.05, 4.69) is 19.8 Å². The Kier molecular flexibility index (Phi) is 6.23. The largest absolute Gasteiger partial charge is 0.439 e. The van der Waals surface area contributed by atoms with Gasteiger partial charge in [0.15, 0.2) is 5.82 Å². The maximum atomic E-state index is 12.3. The van der Waals surface area contributed by atoms with E-state index in [4.69, 9.17) is 4.74 Å². The van der Waals surface area contributed by atoms with Gasteiger partial charge in [0.1, 0.15) is 12.1 Å². The molecule has 0 amide bonds. The second-order valence-corrected chi connectivity index (χ2v) is 8.98. The smallest absolute Gasteiger partial charge is 0.255 e. The van der Waals surface area contributed by atoms with Gasteiger partial charge in [-0.05, 0) is 62.2 Å². The summed E-state index contributed by atoms with van der Waals surface area (Å²) in [6.07, 6.45) is 2.95. The SMILES string of the molecule is Cc1nn(-c2cc(Oc3ccc(NS(=O)(=O)/C=C/c4ccccc4)cc3)ncn2)c(C)c1C. The van der Waals surface area contributed by atoms with Crippen molar-refractivity contribution in [2.75, 3.05) is 4.72 Å². The van der Waals surface area contributed by atoms with Crippen molar-refractivity contribution in [1.29, 1.82) is 0 Å². The first kappa shape index (κ1) is 22.2. The molecule has 0 atom stereocenters. The highest BCUT2D eigenvalue weighted by Crippen LogP contribution is 2.24. The maximum Gasteiger partial charge on any atom is 0.255 e. The minimum absolute atomic E-state index is 0.351. The third-order valence-corrected chi connectivity index (χ3v) is 6.09. The molecule has 4 aromatic rings. The molecule has 2 heterocycles. The maximum absolute atomic E-state index is 12.3. The van der Waals surface area contributed by atoms with Crippen molar-refractivity contribution in [1.82, 2.24) is 19.7 Å². The number of anilines is 1. The molecular formula is C24H23N5O3S. The van der Waals surface area contributed by atoms with Gasteiger partial charge in [-0.2, -0.15) is 5.10 Å². The van der Waals surface area contributed by atoms with E-state index < -0.39 is 10.0 Å². The van der Waals surface area contributed by atoms with Crippen LogP contribution in [0.1, 0.15) is 22.5 Å². The number of benzene rings is 2. The lowest BCUT2D eigenvalue weighted by Gasteiger charge is -2.09. The molecule has 2 aromatic carbocycles. The lowest BCUT2D eigenvalue weighted by molar-refractivity contribution is 0.460. The number of hydrogen-bond acceptors (Lipinski definition) is 6. The van der Waals surface area contributed by atoms with Gasteiger partial charge in [-0.25, -0.2) is 23.1 Å². The Labute approximate surface area is 192 Å². The number of nitrogens with zero attached hydrogens (tertiary/aromatic N) is 4. The van der Waals surface area contributed by atoms with Crippen molar-refractivity contribution in [2.45, 2.75) is 20.8 Å². The van der Waals surface area contributed by atoms with Crippen LogP contribution >= 0.6 is 0 Å². The Morgan fingerprint density at radius 3 is 2.36 bits per heavy atom. The molecule has 4 rings (SSSR count). The molecule has 0 saturated carbocycles. The van der Waals surface area contributed by atoms with E-state index in [1.165, 1.54) is 12.4 Å². The van der Waals surface area contributed by atoms with Gasteiger partial charge in [0.05, 0.1) is 11.1 Å². The number of aryl methyl sites for hydroxylation is 1. The quantitative estimate of drug-likeness (QED) is 0.425. The summed E-state index contributed by atoms with van der Waals surface area (Å²) in [4.78, 5) is 8.45. The molecule has 0 aliphatic carbocycles. The predicted octanol–water partition coefficient (Wildman–Crippen LogP) is 4.79. The van der Waals surface area contributed by atoms with Crippen molar-refractivity contribution in [3.05, 3.63) is 94.9 Å². The van der Waals surface area contributed by atoms with Gasteiger partial charge >= 0.3 is 0 Å². The standard InChI is InChI=1S/C24H23N5O3S/c1-17-18(2)27-29(19(17)3)23-15-24(26-16-25-23)32-22-11-9-21(10-12-22)28-33(30,31)14-13-20-7-5-4-6-8-20/h4-16,28H,1-3H3/b14-13+. The molecule has 0 unspecified atom stereocenters. The Balaban J connectivity index is 1.45. The van der Waals surface area contributed by atoms with E-state index in [1.54, 1.807) is 35.0 Å². The minimum atomic E-state index is -3.65. The Morgan fingerprint density at radius 2 is 1.70 bits per heavy atom. The van der Waals surface area contributed by atoms with Crippen LogP contribution in [0.4, 0.5) is 5.69 Å². The van der Waals surface area contributed by atoms with E-state index in [0.29, 0.717) is 23.1 Å². The number of aromatic nitrogens is 4. The van der Waals surface area contributed by atoms with Crippen molar-refractivity contribution in [3.63, 3.8) is 0 Å². The van der Waals surface area contributed by atoms with Crippen LogP contribution in [0.25, 0.3) is 11.9 Å². The summed E-state index contributed by atoms with van der Waals surface area (Å²) < 4.78 is 34.7. The molecule has 0 aliphatic heterocycles. The second-order valence-electron chi connectivity index (χ2n) is 7.41. The van der Waals surface area contributed by atoms with Crippen LogP contribution in [-0.2, 0) is 10.0 Å². The normalized spacial score (nSPS) is 11.6. The average molecular weight is 462 g/mol. The van der Waals surface area contributed by atoms with Gasteiger partial charge in [0.2, 0.25) is 5.88 Å². The van der Waals surface area contributed by atoms with Crippen LogP contribution in [-0.4, -0.2) is 28.2 Å². The summed E-state index contributed by atoms with van der Waals surface area (Å²) in [6, 6.07) is 17.5. The van der Waals surface area contributed by atoms with Crippen LogP contribution < -0.4 is 9.46 Å². The van der Waals surface area contributed by atoms with Crippen molar-refractivity contribution in [3.8, 4) is 17.4 Å². The lowest BCUT2D eigenvalue weighted by Crippen LogP contribution is -2.08. The third-order valence-electron chi connectivity index (χ3n) is 5.07. The number of hydrogen-bond donors (Lipinski definition) is 1. The van der Waals surface area contributed by atoms with Crippen molar-refractivity contribution in [2.24, 2.45) is 0 Å². The van der Waals surface area contributed by atoms with Crippen LogP contribution in [0.5, 0.6) is 11.6 Å². The summed E-state index contributed by atoms with van der Waals surface area (Å²) in [5.41, 5.74) is 4.25. The number of ether oxygens (including phenoxy) is 1. The molecule has 0 bridgehead atoms. The summed E-state index contributed by atoms with van der Waals surface area (Å²) in [5.74, 6) is 1.46. The van der Waals surface area contributed by atoms with E-state index in [9.17, 15) is 8.42 Å². The summed E-state index contributed by atoms with van der Waals surface area (Å²) in [7, 11) is -3.65. The molecule has 0 fully saturated rings. The zero-order chi connectivity index (χ0) is 23.4. The first-order valence-electron chi connectivity index (χ1n) is 10.2. The molecule has 8 nitrogen and oxygen atoms in total. The van der Waals surface area contributed by atoms with Gasteiger partial charge < -0.3 is 4.74 Å². The highest BCUT2D eigenvalue weighted by molar-refractivity contribution is 7.95. The number of sulfonamides is 1. The first-order valence-corrected chi connectivity index (χ1v) is 11.7. The predicted molar refractivity (Wildman–Crippen MR) is 128 cm³/mol. The number of nitrogens with one attached hydrogen (secondary N) is 1. The first-order chi connectivity index (χ1) is 15.8. The van der Waals surface area contributed by atoms with Crippen LogP contribution in [0.2, 0.25) is 0 Å². The van der Waals surface area contributed by atoms with E-state index in [-0.39, 0.29) is 0 Å². The summed E-state index contributed by atoms with van der Waals surface area (Å²) in [5, 5.41) is 5.64. The van der Waals surface area contributed by atoms with Gasteiger partial charge in [-0.15, -0.1) is 0 Å². The highest BCUT2D eigenvalue weighted by atomic mass is 32.2. The fourth-order valence-corrected chi connectivity index (χ4v) is 3.96. The molecule has 0 radical (unpaired) electrons. The molecule has 168 valence electrons. The van der Waals surface area contributed by atoms with Crippen LogP contribution in [0.15, 0.2) is 72.4 Å². The topological polar surface area (TPSA) is 99.0 Å². The summed E-state index contributed by atoms with van der Waals surface area (Å²) in [6.45, 7) is 5.94. The Hall–Kier alpha value is -3.98. The Morgan fingerprint density at radius 1 is 0.970 bits per heavy atom. The molecule has 2 aromatic heterocycles. The van der Waals surface area contributed by atoms with Gasteiger partial charge in [-0.1, -0.05) is 30.3 Å².